The van der Waals surface area contributed by atoms with Crippen LogP contribution in [-0.2, 0) is 34.5 Å². The second-order valence-electron chi connectivity index (χ2n) is 10.4. The standard InChI is InChI=1S/C41H40F5N3O3S/c1-27-22-30(14-15-34(27)41(44,45)46)29-12-10-28(11-13-29)24-48(32-16-18-47(19-17-32)20-21-52-2)38(51)25-49-36-9-4-3-7-33(36)37(50)23-39(49)53-26-31-6-5-8-35(42)40(31)43/h3-15,22-23,32H,16-21,24-26H2,1-2H3/i3D,4D,5D,6D,7D,8D,9D,10D,11D,12D,13D,14D,15D,16D2,17D2,18D2,19D2,21D2,22D,23D,24D2,32D. The number of thioether (sulfide) groups is 1. The second kappa shape index (κ2) is 16.7. The topological polar surface area (TPSA) is 54.8 Å². The maximum Gasteiger partial charge on any atom is 0.416 e. The molecule has 6 rings (SSSR count). The van der Waals surface area contributed by atoms with Gasteiger partial charge in [-0.25, -0.2) is 8.78 Å². The molecule has 0 saturated carbocycles. The van der Waals surface area contributed by atoms with Crippen LogP contribution < -0.4 is 5.43 Å². The second-order valence-corrected chi connectivity index (χ2v) is 11.4. The van der Waals surface area contributed by atoms with Gasteiger partial charge in [-0.15, -0.1) is 11.8 Å². The van der Waals surface area contributed by atoms with Gasteiger partial charge in [0.1, 0.15) is 6.54 Å². The molecule has 0 aliphatic carbocycles. The molecule has 1 fully saturated rings. The lowest BCUT2D eigenvalue weighted by Crippen LogP contribution is -2.48. The smallest absolute Gasteiger partial charge is 0.383 e. The minimum absolute atomic E-state index is 0.0523. The van der Waals surface area contributed by atoms with Gasteiger partial charge in [0.15, 0.2) is 17.1 Å². The van der Waals surface area contributed by atoms with Crippen molar-refractivity contribution in [1.82, 2.24) is 14.4 Å². The predicted molar refractivity (Wildman–Crippen MR) is 198 cm³/mol. The third kappa shape index (κ3) is 9.00. The highest BCUT2D eigenvalue weighted by Crippen LogP contribution is 2.34. The van der Waals surface area contributed by atoms with Gasteiger partial charge in [0.2, 0.25) is 5.91 Å². The lowest BCUT2D eigenvalue weighted by Gasteiger charge is -2.39. The number of para-hydroxylation sites is 1. The number of aromatic nitrogens is 1. The van der Waals surface area contributed by atoms with E-state index in [-0.39, 0.29) is 16.3 Å². The number of hydrogen-bond donors (Lipinski definition) is 0. The number of halogens is 5. The zero-order valence-electron chi connectivity index (χ0n) is 55.0. The molecular weight excluding hydrogens is 710 g/mol. The number of alkyl halides is 3. The van der Waals surface area contributed by atoms with E-state index in [1.54, 1.807) is 0 Å². The molecular formula is C41H40F5N3O3S. The average Bonchev–Trinajstić information content (AvgIpc) is 2.48. The molecule has 6 nitrogen and oxygen atoms in total. The first kappa shape index (κ1) is 16.5. The van der Waals surface area contributed by atoms with Crippen LogP contribution in [0.15, 0.2) is 100 Å². The van der Waals surface area contributed by atoms with Crippen LogP contribution in [0.5, 0.6) is 0 Å². The molecule has 4 aromatic carbocycles. The molecule has 2 heterocycles. The van der Waals surface area contributed by atoms with Crippen molar-refractivity contribution in [1.29, 1.82) is 0 Å². The van der Waals surface area contributed by atoms with Crippen LogP contribution in [0.25, 0.3) is 22.0 Å². The van der Waals surface area contributed by atoms with Crippen molar-refractivity contribution in [3.05, 3.63) is 135 Å². The van der Waals surface area contributed by atoms with Crippen molar-refractivity contribution < 1.29 is 69.9 Å². The first-order valence-corrected chi connectivity index (χ1v) is 15.7. The first-order valence-electron chi connectivity index (χ1n) is 28.7. The predicted octanol–water partition coefficient (Wildman–Crippen LogP) is 8.71. The van der Waals surface area contributed by atoms with E-state index in [2.05, 4.69) is 4.74 Å². The summed E-state index contributed by atoms with van der Waals surface area (Å²) >= 11 is -0.0523. The van der Waals surface area contributed by atoms with E-state index in [1.807, 2.05) is 0 Å². The Morgan fingerprint density at radius 3 is 2.45 bits per heavy atom. The molecule has 0 unspecified atom stereocenters. The van der Waals surface area contributed by atoms with Gasteiger partial charge < -0.3 is 19.1 Å². The van der Waals surface area contributed by atoms with Crippen molar-refractivity contribution >= 4 is 28.6 Å². The number of rotatable bonds is 12. The highest BCUT2D eigenvalue weighted by atomic mass is 32.2. The highest BCUT2D eigenvalue weighted by molar-refractivity contribution is 7.98. The number of carbonyl (C=O) groups excluding carboxylic acids is 1. The van der Waals surface area contributed by atoms with Crippen LogP contribution in [0.1, 0.15) is 73.4 Å². The van der Waals surface area contributed by atoms with Crippen LogP contribution in [0, 0.1) is 18.6 Å². The highest BCUT2D eigenvalue weighted by Gasteiger charge is 2.32. The van der Waals surface area contributed by atoms with Crippen molar-refractivity contribution in [2.75, 3.05) is 33.2 Å². The van der Waals surface area contributed by atoms with Crippen LogP contribution in [0.4, 0.5) is 22.0 Å². The molecule has 278 valence electrons. The first-order chi connectivity index (χ1) is 36.6. The average molecular weight is 778 g/mol. The van der Waals surface area contributed by atoms with Crippen LogP contribution in [-0.4, -0.2) is 59.5 Å². The normalized spacial score (nSPS) is 26.7. The van der Waals surface area contributed by atoms with E-state index in [0.29, 0.717) is 14.0 Å². The summed E-state index contributed by atoms with van der Waals surface area (Å²) in [6.45, 7) is -19.9. The number of likely N-dealkylation sites (tertiary alicyclic amines) is 1. The fourth-order valence-electron chi connectivity index (χ4n) is 4.49. The number of hydrogen-bond acceptors (Lipinski definition) is 5. The van der Waals surface area contributed by atoms with E-state index >= 15 is 9.18 Å². The summed E-state index contributed by atoms with van der Waals surface area (Å²) in [6.07, 6.45) is -14.9. The summed E-state index contributed by atoms with van der Waals surface area (Å²) in [4.78, 5) is 28.3. The van der Waals surface area contributed by atoms with Gasteiger partial charge >= 0.3 is 6.18 Å². The summed E-state index contributed by atoms with van der Waals surface area (Å²) in [7, 11) is 0.669. The van der Waals surface area contributed by atoms with Crippen LogP contribution in [0.2, 0.25) is 0 Å². The van der Waals surface area contributed by atoms with E-state index in [9.17, 15) is 32.0 Å². The fraction of sp³-hybridized carbons (Fsp3) is 0.317. The summed E-state index contributed by atoms with van der Waals surface area (Å²) in [5.74, 6) is -7.58. The Kier molecular flexibility index (Phi) is 5.17. The van der Waals surface area contributed by atoms with Crippen LogP contribution in [0.3, 0.4) is 0 Å². The fourth-order valence-corrected chi connectivity index (χ4v) is 5.45. The Bertz CT molecular complexity index is 3470. The molecule has 53 heavy (non-hydrogen) atoms. The number of methoxy groups -OCH3 is 1. The van der Waals surface area contributed by atoms with E-state index in [4.69, 9.17) is 28.8 Å². The molecule has 1 aliphatic rings. The van der Waals surface area contributed by atoms with Gasteiger partial charge in [-0.1, -0.05) is 60.4 Å². The molecule has 1 amide bonds. The number of piperidine rings is 1. The molecule has 0 N–H and O–H groups in total. The minimum atomic E-state index is -5.39. The van der Waals surface area contributed by atoms with Crippen molar-refractivity contribution in [3.63, 3.8) is 0 Å². The Hall–Kier alpha value is -4.52. The van der Waals surface area contributed by atoms with Gasteiger partial charge in [-0.2, -0.15) is 13.2 Å². The van der Waals surface area contributed by atoms with Gasteiger partial charge in [-0.05, 0) is 66.1 Å². The third-order valence-electron chi connectivity index (χ3n) is 6.96. The Morgan fingerprint density at radius 2 is 1.74 bits per heavy atom. The lowest BCUT2D eigenvalue weighted by molar-refractivity contribution is -0.138. The molecule has 0 spiro atoms. The van der Waals surface area contributed by atoms with Gasteiger partial charge in [0.05, 0.1) is 50.1 Å². The zero-order valence-corrected chi connectivity index (χ0v) is 27.8. The number of nitrogens with zero attached hydrogens (tertiary/aromatic N) is 3. The maximum atomic E-state index is 15.8. The number of amides is 1. The molecule has 0 atom stereocenters. The van der Waals surface area contributed by atoms with Gasteiger partial charge in [0.25, 0.3) is 0 Å². The Morgan fingerprint density at radius 1 is 1.02 bits per heavy atom. The summed E-state index contributed by atoms with van der Waals surface area (Å²) in [5, 5.41) is -2.30. The lowest BCUT2D eigenvalue weighted by atomic mass is 9.98. The maximum absolute atomic E-state index is 15.8. The zero-order chi connectivity index (χ0) is 62.4. The molecule has 1 aromatic heterocycles. The Labute approximate surface area is 348 Å². The van der Waals surface area contributed by atoms with E-state index in [1.165, 1.54) is 0 Å². The summed E-state index contributed by atoms with van der Waals surface area (Å²) in [6, 6.07) is -26.5. The van der Waals surface area contributed by atoms with Crippen molar-refractivity contribution in [2.45, 2.75) is 55.7 Å². The molecule has 0 radical (unpaired) electrons. The molecule has 1 aliphatic heterocycles. The molecule has 12 heteroatoms. The summed E-state index contributed by atoms with van der Waals surface area (Å²) < 4.78 is 324. The number of carbonyl (C=O) groups is 1. The molecule has 5 aromatic rings. The molecule has 0 bridgehead atoms. The number of ether oxygens (including phenoxy) is 1. The van der Waals surface area contributed by atoms with E-state index in [0.717, 1.165) is 0 Å². The third-order valence-corrected chi connectivity index (χ3v) is 7.99. The number of fused-ring (bicyclic) bond motifs is 1. The van der Waals surface area contributed by atoms with Crippen LogP contribution >= 0.6 is 11.8 Å². The quantitative estimate of drug-likeness (QED) is 0.0938. The van der Waals surface area contributed by atoms with Gasteiger partial charge in [-0.3, -0.25) is 9.59 Å². The van der Waals surface area contributed by atoms with Crippen molar-refractivity contribution in [3.8, 4) is 11.1 Å². The molecule has 1 saturated heterocycles. The Balaban J connectivity index is 1.79. The summed E-state index contributed by atoms with van der Waals surface area (Å²) in [5.41, 5.74) is -11.2. The SMILES string of the molecule is [2H]c1c([2H])c(F)c(F)c(CSc2c([2H])c(=O)c3c([2H])c([2H])c([2H])c([2H])c3n2CC(=O)N(C([2H])([2H])c2c([2H])c([2H])c(-c3c([2H])c([2H])c(C(F)(F)F)c(C)c3[2H])c([2H])c2[2H])C2([2H])C([2H])([2H])C([2H])([2H])N(CC([2H])([2H])OC)C([2H])([2H])C2([2H])[2H])c1[2H]. The minimum Gasteiger partial charge on any atom is -0.383 e. The van der Waals surface area contributed by atoms with Gasteiger partial charge in [0, 0.05) is 72.9 Å². The van der Waals surface area contributed by atoms with E-state index < -0.39 is 243 Å². The number of pyridine rings is 1. The monoisotopic (exact) mass is 777 g/mol. The largest absolute Gasteiger partial charge is 0.416 e. The van der Waals surface area contributed by atoms with Crippen molar-refractivity contribution in [2.24, 2.45) is 0 Å². The number of benzene rings is 4.